The number of hydrogen-bond acceptors (Lipinski definition) is 5. The van der Waals surface area contributed by atoms with Crippen LogP contribution in [0.5, 0.6) is 11.5 Å². The lowest BCUT2D eigenvalue weighted by Gasteiger charge is -2.27. The third kappa shape index (κ3) is 4.56. The molecule has 0 aliphatic carbocycles. The molecule has 1 aliphatic rings. The lowest BCUT2D eigenvalue weighted by molar-refractivity contribution is 0.288. The van der Waals surface area contributed by atoms with Gasteiger partial charge in [-0.25, -0.2) is 0 Å². The third-order valence-corrected chi connectivity index (χ3v) is 4.48. The molecule has 0 spiro atoms. The summed E-state index contributed by atoms with van der Waals surface area (Å²) in [6.07, 6.45) is 0. The number of nitrogens with one attached hydrogen (secondary N) is 1. The van der Waals surface area contributed by atoms with Crippen molar-refractivity contribution in [3.8, 4) is 11.5 Å². The monoisotopic (exact) mass is 308 g/mol. The highest BCUT2D eigenvalue weighted by Crippen LogP contribution is 2.32. The second-order valence-electron chi connectivity index (χ2n) is 5.73. The summed E-state index contributed by atoms with van der Waals surface area (Å²) in [6, 6.07) is 5.91. The topological polar surface area (TPSA) is 42.8 Å². The predicted octanol–water partition coefficient (Wildman–Crippen LogP) is 4.02. The zero-order valence-electron chi connectivity index (χ0n) is 13.2. The van der Waals surface area contributed by atoms with E-state index in [-0.39, 0.29) is 5.41 Å². The van der Waals surface area contributed by atoms with Crippen LogP contribution in [0.25, 0.3) is 0 Å². The van der Waals surface area contributed by atoms with Gasteiger partial charge in [0.2, 0.25) is 0 Å². The molecular formula is C16H24N2O2S. The number of rotatable bonds is 5. The number of hydrogen-bond donors (Lipinski definition) is 1. The largest absolute Gasteiger partial charge is 0.490 e. The second kappa shape index (κ2) is 7.07. The summed E-state index contributed by atoms with van der Waals surface area (Å²) in [5.41, 5.74) is 1.26. The van der Waals surface area contributed by atoms with Crippen molar-refractivity contribution in [2.45, 2.75) is 27.7 Å². The Morgan fingerprint density at radius 3 is 2.52 bits per heavy atom. The molecule has 0 aromatic heterocycles. The van der Waals surface area contributed by atoms with Crippen LogP contribution < -0.4 is 14.8 Å². The van der Waals surface area contributed by atoms with Gasteiger partial charge in [-0.1, -0.05) is 25.6 Å². The lowest BCUT2D eigenvalue weighted by Crippen LogP contribution is -2.27. The van der Waals surface area contributed by atoms with Gasteiger partial charge in [-0.15, -0.1) is 0 Å². The first-order valence-electron chi connectivity index (χ1n) is 7.38. The number of ether oxygens (including phenoxy) is 2. The van der Waals surface area contributed by atoms with Gasteiger partial charge in [0, 0.05) is 24.1 Å². The van der Waals surface area contributed by atoms with E-state index in [1.54, 1.807) is 11.8 Å². The van der Waals surface area contributed by atoms with Gasteiger partial charge in [-0.3, -0.25) is 4.99 Å². The van der Waals surface area contributed by atoms with E-state index in [0.717, 1.165) is 34.7 Å². The molecule has 1 aromatic carbocycles. The Labute approximate surface area is 131 Å². The maximum Gasteiger partial charge on any atom is 0.163 e. The maximum atomic E-state index is 5.64. The minimum absolute atomic E-state index is 0.283. The van der Waals surface area contributed by atoms with Crippen molar-refractivity contribution >= 4 is 22.6 Å². The van der Waals surface area contributed by atoms with Crippen LogP contribution in [0, 0.1) is 5.41 Å². The number of amidine groups is 1. The van der Waals surface area contributed by atoms with Gasteiger partial charge in [0.15, 0.2) is 16.7 Å². The number of aliphatic imine (C=N–C) groups is 1. The molecule has 0 bridgehead atoms. The molecule has 0 saturated carbocycles. The van der Waals surface area contributed by atoms with E-state index in [1.807, 2.05) is 32.0 Å². The summed E-state index contributed by atoms with van der Waals surface area (Å²) < 4.78 is 11.2. The van der Waals surface area contributed by atoms with E-state index in [0.29, 0.717) is 13.2 Å². The van der Waals surface area contributed by atoms with Crippen molar-refractivity contribution < 1.29 is 9.47 Å². The van der Waals surface area contributed by atoms with Crippen LogP contribution in [0.1, 0.15) is 27.7 Å². The van der Waals surface area contributed by atoms with E-state index in [9.17, 15) is 0 Å². The zero-order valence-corrected chi connectivity index (χ0v) is 14.0. The van der Waals surface area contributed by atoms with Crippen LogP contribution in [0.2, 0.25) is 0 Å². The molecule has 5 heteroatoms. The zero-order chi connectivity index (χ0) is 15.3. The second-order valence-corrected chi connectivity index (χ2v) is 6.69. The molecule has 4 nitrogen and oxygen atoms in total. The molecule has 1 heterocycles. The minimum Gasteiger partial charge on any atom is -0.490 e. The Hall–Kier alpha value is -1.36. The highest BCUT2D eigenvalue weighted by Gasteiger charge is 2.23. The van der Waals surface area contributed by atoms with Crippen LogP contribution in [0.3, 0.4) is 0 Å². The molecule has 21 heavy (non-hydrogen) atoms. The van der Waals surface area contributed by atoms with Gasteiger partial charge in [0.05, 0.1) is 13.2 Å². The Bertz CT molecular complexity index is 515. The summed E-state index contributed by atoms with van der Waals surface area (Å²) in [7, 11) is 0. The average Bonchev–Trinajstić information content (AvgIpc) is 2.44. The molecule has 0 amide bonds. The summed E-state index contributed by atoms with van der Waals surface area (Å²) in [5, 5.41) is 4.34. The highest BCUT2D eigenvalue weighted by atomic mass is 32.2. The third-order valence-electron chi connectivity index (χ3n) is 3.04. The number of nitrogens with zero attached hydrogens (tertiary/aromatic N) is 1. The van der Waals surface area contributed by atoms with Crippen LogP contribution >= 0.6 is 11.8 Å². The molecular weight excluding hydrogens is 284 g/mol. The SMILES string of the molecule is CCOc1ccc(NC2=NCC(C)(C)CS2)cc1OCC. The average molecular weight is 308 g/mol. The molecule has 0 radical (unpaired) electrons. The van der Waals surface area contributed by atoms with Gasteiger partial charge < -0.3 is 14.8 Å². The van der Waals surface area contributed by atoms with E-state index in [4.69, 9.17) is 9.47 Å². The number of benzene rings is 1. The Kier molecular flexibility index (Phi) is 5.39. The minimum atomic E-state index is 0.283. The van der Waals surface area contributed by atoms with Crippen molar-refractivity contribution in [2.24, 2.45) is 10.4 Å². The fraction of sp³-hybridized carbons (Fsp3) is 0.562. The van der Waals surface area contributed by atoms with E-state index in [1.165, 1.54) is 0 Å². The van der Waals surface area contributed by atoms with E-state index >= 15 is 0 Å². The number of anilines is 1. The first kappa shape index (κ1) is 16.0. The molecule has 0 atom stereocenters. The van der Waals surface area contributed by atoms with Crippen molar-refractivity contribution in [3.63, 3.8) is 0 Å². The molecule has 0 fully saturated rings. The molecule has 1 aromatic rings. The molecule has 116 valence electrons. The van der Waals surface area contributed by atoms with Crippen molar-refractivity contribution in [3.05, 3.63) is 18.2 Å². The van der Waals surface area contributed by atoms with Gasteiger partial charge in [-0.05, 0) is 31.4 Å². The van der Waals surface area contributed by atoms with Gasteiger partial charge in [0.25, 0.3) is 0 Å². The molecule has 2 rings (SSSR count). The van der Waals surface area contributed by atoms with Gasteiger partial charge >= 0.3 is 0 Å². The highest BCUT2D eigenvalue weighted by molar-refractivity contribution is 8.14. The molecule has 0 saturated heterocycles. The molecule has 0 unspecified atom stereocenters. The maximum absolute atomic E-state index is 5.64. The summed E-state index contributed by atoms with van der Waals surface area (Å²) in [4.78, 5) is 4.61. The fourth-order valence-corrected chi connectivity index (χ4v) is 2.93. The van der Waals surface area contributed by atoms with Crippen LogP contribution in [-0.2, 0) is 0 Å². The summed E-state index contributed by atoms with van der Waals surface area (Å²) in [6.45, 7) is 10.5. The van der Waals surface area contributed by atoms with Crippen LogP contribution in [-0.4, -0.2) is 30.7 Å². The molecule has 1 aliphatic heterocycles. The standard InChI is InChI=1S/C16H24N2O2S/c1-5-19-13-8-7-12(9-14(13)20-6-2)18-15-17-10-16(3,4)11-21-15/h7-9H,5-6,10-11H2,1-4H3,(H,17,18). The summed E-state index contributed by atoms with van der Waals surface area (Å²) in [5.74, 6) is 2.63. The van der Waals surface area contributed by atoms with Crippen molar-refractivity contribution in [2.75, 3.05) is 30.8 Å². The van der Waals surface area contributed by atoms with E-state index < -0.39 is 0 Å². The summed E-state index contributed by atoms with van der Waals surface area (Å²) >= 11 is 1.77. The smallest absolute Gasteiger partial charge is 0.163 e. The molecule has 1 N–H and O–H groups in total. The van der Waals surface area contributed by atoms with Gasteiger partial charge in [0.1, 0.15) is 0 Å². The Morgan fingerprint density at radius 1 is 1.19 bits per heavy atom. The normalized spacial score (nSPS) is 17.0. The first-order valence-corrected chi connectivity index (χ1v) is 8.36. The quantitative estimate of drug-likeness (QED) is 0.892. The van der Waals surface area contributed by atoms with E-state index in [2.05, 4.69) is 24.2 Å². The van der Waals surface area contributed by atoms with Crippen molar-refractivity contribution in [1.29, 1.82) is 0 Å². The first-order chi connectivity index (χ1) is 10.0. The Balaban J connectivity index is 2.10. The van der Waals surface area contributed by atoms with Gasteiger partial charge in [-0.2, -0.15) is 0 Å². The lowest BCUT2D eigenvalue weighted by atomic mass is 9.97. The number of thioether (sulfide) groups is 1. The fourth-order valence-electron chi connectivity index (χ4n) is 1.97. The van der Waals surface area contributed by atoms with Crippen molar-refractivity contribution in [1.82, 2.24) is 0 Å². The predicted molar refractivity (Wildman–Crippen MR) is 90.9 cm³/mol. The van der Waals surface area contributed by atoms with Crippen LogP contribution in [0.15, 0.2) is 23.2 Å². The Morgan fingerprint density at radius 2 is 1.90 bits per heavy atom. The van der Waals surface area contributed by atoms with Crippen LogP contribution in [0.4, 0.5) is 5.69 Å².